The number of hydrogen-bond acceptors (Lipinski definition) is 7. The minimum atomic E-state index is -4.37. The molecule has 0 spiro atoms. The van der Waals surface area contributed by atoms with E-state index in [1.807, 2.05) is 31.2 Å². The maximum absolute atomic E-state index is 10.5. The maximum Gasteiger partial charge on any atom is 0.397 e. The van der Waals surface area contributed by atoms with Crippen molar-refractivity contribution in [2.45, 2.75) is 13.3 Å². The average molecular weight is 353 g/mol. The zero-order chi connectivity index (χ0) is 17.4. The smallest absolute Gasteiger partial charge is 0.372 e. The predicted molar refractivity (Wildman–Crippen MR) is 89.2 cm³/mol. The lowest BCUT2D eigenvalue weighted by Crippen LogP contribution is -2.25. The van der Waals surface area contributed by atoms with E-state index in [4.69, 9.17) is 4.55 Å². The van der Waals surface area contributed by atoms with E-state index in [0.29, 0.717) is 24.6 Å². The standard InChI is InChI=1S/C14H19N5O4S/c1-2-19(10-3-11-23-24(20,21)22)13-6-4-12(5-7-13)17-18-14-15-8-9-16-14/h4-9H,2-3,10-11H2,1H3,(H,15,16)(H,20,21,22)/b18-17+. The first-order valence-electron chi connectivity index (χ1n) is 7.36. The minimum Gasteiger partial charge on any atom is -0.372 e. The number of anilines is 1. The molecule has 0 aliphatic carbocycles. The number of H-pyrrole nitrogens is 1. The van der Waals surface area contributed by atoms with Gasteiger partial charge >= 0.3 is 10.4 Å². The van der Waals surface area contributed by atoms with Crippen molar-refractivity contribution in [2.24, 2.45) is 10.2 Å². The third kappa shape index (κ3) is 6.07. The molecule has 10 heteroatoms. The molecular weight excluding hydrogens is 334 g/mol. The number of nitrogens with one attached hydrogen (secondary N) is 1. The van der Waals surface area contributed by atoms with Crippen LogP contribution in [-0.2, 0) is 14.6 Å². The summed E-state index contributed by atoms with van der Waals surface area (Å²) in [5.41, 5.74) is 1.67. The van der Waals surface area contributed by atoms with Crippen molar-refractivity contribution >= 4 is 27.7 Å². The van der Waals surface area contributed by atoms with Gasteiger partial charge in [0.05, 0.1) is 12.3 Å². The molecule has 1 heterocycles. The molecule has 0 atom stereocenters. The molecule has 2 N–H and O–H groups in total. The van der Waals surface area contributed by atoms with Gasteiger partial charge in [0.1, 0.15) is 0 Å². The van der Waals surface area contributed by atoms with Crippen molar-refractivity contribution < 1.29 is 17.2 Å². The van der Waals surface area contributed by atoms with E-state index in [-0.39, 0.29) is 6.61 Å². The van der Waals surface area contributed by atoms with Crippen LogP contribution in [0.4, 0.5) is 17.3 Å². The van der Waals surface area contributed by atoms with E-state index >= 15 is 0 Å². The molecule has 0 bridgehead atoms. The van der Waals surface area contributed by atoms with E-state index in [0.717, 1.165) is 12.2 Å². The van der Waals surface area contributed by atoms with Crippen molar-refractivity contribution in [1.29, 1.82) is 0 Å². The highest BCUT2D eigenvalue weighted by Gasteiger charge is 2.07. The normalized spacial score (nSPS) is 11.9. The molecule has 0 aliphatic rings. The van der Waals surface area contributed by atoms with Crippen molar-refractivity contribution in [3.63, 3.8) is 0 Å². The highest BCUT2D eigenvalue weighted by Crippen LogP contribution is 2.21. The fourth-order valence-corrected chi connectivity index (χ4v) is 2.36. The Bertz CT molecular complexity index is 744. The van der Waals surface area contributed by atoms with Crippen LogP contribution < -0.4 is 4.90 Å². The van der Waals surface area contributed by atoms with E-state index in [9.17, 15) is 8.42 Å². The molecule has 0 saturated heterocycles. The lowest BCUT2D eigenvalue weighted by atomic mass is 10.2. The minimum absolute atomic E-state index is 0.0647. The number of benzene rings is 1. The summed E-state index contributed by atoms with van der Waals surface area (Å²) in [5.74, 6) is 0.438. The second kappa shape index (κ2) is 8.52. The zero-order valence-corrected chi connectivity index (χ0v) is 14.0. The summed E-state index contributed by atoms with van der Waals surface area (Å²) in [6, 6.07) is 7.48. The van der Waals surface area contributed by atoms with Crippen LogP contribution >= 0.6 is 0 Å². The maximum atomic E-state index is 10.5. The first-order chi connectivity index (χ1) is 11.5. The average Bonchev–Trinajstić information content (AvgIpc) is 3.06. The Morgan fingerprint density at radius 1 is 1.29 bits per heavy atom. The van der Waals surface area contributed by atoms with Crippen LogP contribution in [0.3, 0.4) is 0 Å². The van der Waals surface area contributed by atoms with E-state index in [1.165, 1.54) is 0 Å². The van der Waals surface area contributed by atoms with Crippen molar-refractivity contribution in [3.05, 3.63) is 36.7 Å². The second-order valence-corrected chi connectivity index (χ2v) is 5.90. The highest BCUT2D eigenvalue weighted by atomic mass is 32.3. The SMILES string of the molecule is CCN(CCCOS(=O)(=O)O)c1ccc(/N=N/c2ncc[nH]2)cc1. The molecule has 1 aromatic carbocycles. The van der Waals surface area contributed by atoms with Crippen LogP contribution in [0.15, 0.2) is 46.9 Å². The van der Waals surface area contributed by atoms with Gasteiger partial charge in [-0.1, -0.05) is 0 Å². The number of hydrogen-bond donors (Lipinski definition) is 2. The third-order valence-corrected chi connectivity index (χ3v) is 3.61. The molecule has 24 heavy (non-hydrogen) atoms. The third-order valence-electron chi connectivity index (χ3n) is 3.15. The molecule has 1 aromatic heterocycles. The molecule has 2 aromatic rings. The monoisotopic (exact) mass is 353 g/mol. The first-order valence-corrected chi connectivity index (χ1v) is 8.72. The summed E-state index contributed by atoms with van der Waals surface area (Å²) in [4.78, 5) is 8.84. The van der Waals surface area contributed by atoms with Gasteiger partial charge in [0, 0.05) is 31.2 Å². The quantitative estimate of drug-likeness (QED) is 0.406. The van der Waals surface area contributed by atoms with Gasteiger partial charge in [0.2, 0.25) is 5.95 Å². The van der Waals surface area contributed by atoms with Crippen molar-refractivity contribution in [1.82, 2.24) is 9.97 Å². The summed E-state index contributed by atoms with van der Waals surface area (Å²) < 4.78 is 33.8. The summed E-state index contributed by atoms with van der Waals surface area (Å²) >= 11 is 0. The number of nitrogens with zero attached hydrogens (tertiary/aromatic N) is 4. The van der Waals surface area contributed by atoms with Crippen LogP contribution in [0.25, 0.3) is 0 Å². The molecule has 0 radical (unpaired) electrons. The second-order valence-electron chi connectivity index (χ2n) is 4.81. The molecule has 0 fully saturated rings. The van der Waals surface area contributed by atoms with Crippen molar-refractivity contribution in [2.75, 3.05) is 24.6 Å². The Kier molecular flexibility index (Phi) is 6.41. The first kappa shape index (κ1) is 18.0. The molecule has 0 unspecified atom stereocenters. The number of aromatic amines is 1. The molecule has 0 amide bonds. The van der Waals surface area contributed by atoms with Crippen LogP contribution in [-0.4, -0.2) is 42.6 Å². The van der Waals surface area contributed by atoms with E-state index < -0.39 is 10.4 Å². The summed E-state index contributed by atoms with van der Waals surface area (Å²) in [7, 11) is -4.37. The number of imidazole rings is 1. The largest absolute Gasteiger partial charge is 0.397 e. The zero-order valence-electron chi connectivity index (χ0n) is 13.2. The Morgan fingerprint density at radius 3 is 2.62 bits per heavy atom. The Morgan fingerprint density at radius 2 is 2.04 bits per heavy atom. The van der Waals surface area contributed by atoms with Crippen LogP contribution in [0, 0.1) is 0 Å². The Labute approximate surface area is 140 Å². The van der Waals surface area contributed by atoms with Gasteiger partial charge in [-0.15, -0.1) is 10.2 Å². The number of aromatic nitrogens is 2. The van der Waals surface area contributed by atoms with E-state index in [1.54, 1.807) is 12.4 Å². The van der Waals surface area contributed by atoms with Crippen molar-refractivity contribution in [3.8, 4) is 0 Å². The number of azo groups is 1. The van der Waals surface area contributed by atoms with Gasteiger partial charge in [0.25, 0.3) is 0 Å². The van der Waals surface area contributed by atoms with E-state index in [2.05, 4.69) is 29.3 Å². The molecule has 0 saturated carbocycles. The van der Waals surface area contributed by atoms with Gasteiger partial charge in [-0.2, -0.15) is 8.42 Å². The topological polar surface area (TPSA) is 120 Å². The Balaban J connectivity index is 1.89. The fourth-order valence-electron chi connectivity index (χ4n) is 2.04. The molecule has 0 aliphatic heterocycles. The fraction of sp³-hybridized carbons (Fsp3) is 0.357. The van der Waals surface area contributed by atoms with Crippen LogP contribution in [0.2, 0.25) is 0 Å². The lowest BCUT2D eigenvalue weighted by molar-refractivity contribution is 0.266. The van der Waals surface area contributed by atoms with Gasteiger partial charge in [0.15, 0.2) is 0 Å². The van der Waals surface area contributed by atoms with Gasteiger partial charge in [-0.25, -0.2) is 9.17 Å². The lowest BCUT2D eigenvalue weighted by Gasteiger charge is -2.22. The molecular formula is C14H19N5O4S. The molecule has 9 nitrogen and oxygen atoms in total. The number of rotatable bonds is 9. The van der Waals surface area contributed by atoms with Crippen LogP contribution in [0.1, 0.15) is 13.3 Å². The summed E-state index contributed by atoms with van der Waals surface area (Å²) in [6.45, 7) is 3.28. The summed E-state index contributed by atoms with van der Waals surface area (Å²) in [5, 5.41) is 8.04. The summed E-state index contributed by atoms with van der Waals surface area (Å²) in [6.07, 6.45) is 3.73. The Hall–Kier alpha value is -2.30. The van der Waals surface area contributed by atoms with Gasteiger partial charge in [-0.05, 0) is 37.6 Å². The molecule has 130 valence electrons. The highest BCUT2D eigenvalue weighted by molar-refractivity contribution is 7.80. The predicted octanol–water partition coefficient (Wildman–Crippen LogP) is 2.86. The molecule has 2 rings (SSSR count). The van der Waals surface area contributed by atoms with Gasteiger partial charge < -0.3 is 9.88 Å². The van der Waals surface area contributed by atoms with Crippen LogP contribution in [0.5, 0.6) is 0 Å². The van der Waals surface area contributed by atoms with Gasteiger partial charge in [-0.3, -0.25) is 4.55 Å².